The van der Waals surface area contributed by atoms with Crippen molar-refractivity contribution in [1.82, 2.24) is 4.90 Å². The summed E-state index contributed by atoms with van der Waals surface area (Å²) in [5, 5.41) is 17.3. The Labute approximate surface area is 90.1 Å². The highest BCUT2D eigenvalue weighted by molar-refractivity contribution is 7.79. The topological polar surface area (TPSA) is 59.7 Å². The van der Waals surface area contributed by atoms with Crippen molar-refractivity contribution in [3.63, 3.8) is 0 Å². The molecule has 0 aliphatic carbocycles. The Kier molecular flexibility index (Phi) is 4.10. The van der Waals surface area contributed by atoms with Crippen LogP contribution in [0.2, 0.25) is 0 Å². The first-order chi connectivity index (χ1) is 6.56. The average molecular weight is 215 g/mol. The van der Waals surface area contributed by atoms with E-state index in [0.29, 0.717) is 11.4 Å². The van der Waals surface area contributed by atoms with Gasteiger partial charge >= 0.3 is 0 Å². The van der Waals surface area contributed by atoms with Gasteiger partial charge in [0.2, 0.25) is 0 Å². The number of aliphatic hydroxyl groups excluding tert-OH is 1. The van der Waals surface area contributed by atoms with Crippen LogP contribution in [0.25, 0.3) is 0 Å². The molecular weight excluding hydrogens is 198 g/mol. The van der Waals surface area contributed by atoms with E-state index in [9.17, 15) is 5.11 Å². The van der Waals surface area contributed by atoms with Crippen LogP contribution in [0.4, 0.5) is 0 Å². The first-order valence-electron chi connectivity index (χ1n) is 4.70. The molecule has 0 saturated carbocycles. The normalized spacial score (nSPS) is 30.4. The molecule has 0 aromatic rings. The Morgan fingerprint density at radius 2 is 2.29 bits per heavy atom. The van der Waals surface area contributed by atoms with Crippen molar-refractivity contribution < 1.29 is 5.11 Å². The molecule has 0 aromatic carbocycles. The molecule has 14 heavy (non-hydrogen) atoms. The first kappa shape index (κ1) is 11.7. The van der Waals surface area contributed by atoms with E-state index in [1.807, 2.05) is 7.05 Å². The second kappa shape index (κ2) is 4.91. The predicted molar refractivity (Wildman–Crippen MR) is 61.4 cm³/mol. The number of aliphatic hydroxyl groups is 1. The molecule has 1 aliphatic heterocycles. The molecule has 0 spiro atoms. The lowest BCUT2D eigenvalue weighted by molar-refractivity contribution is 0.0668. The van der Waals surface area contributed by atoms with Crippen molar-refractivity contribution in [2.24, 2.45) is 10.3 Å². The van der Waals surface area contributed by atoms with Gasteiger partial charge in [-0.05, 0) is 33.2 Å². The molecule has 1 heterocycles. The smallest absolute Gasteiger partial charge is 0.0757 e. The minimum Gasteiger partial charge on any atom is -0.392 e. The molecule has 1 fully saturated rings. The standard InChI is InChI=1S/C9H17N3OS/c1-6(10)9(11-14)7-5-12(2)4-3-8(7)13/h7-8,10,13-14H,3-5H2,1-2H3/b10-6?,11-9+. The Hall–Kier alpha value is -0.390. The highest BCUT2D eigenvalue weighted by Crippen LogP contribution is 2.18. The SMILES string of the molecule is CC(=N)/C(=N\S)C1CN(C)CCC1O. The summed E-state index contributed by atoms with van der Waals surface area (Å²) in [6.07, 6.45) is 0.346. The van der Waals surface area contributed by atoms with E-state index in [4.69, 9.17) is 5.41 Å². The fourth-order valence-corrected chi connectivity index (χ4v) is 2.10. The fraction of sp³-hybridized carbons (Fsp3) is 0.778. The van der Waals surface area contributed by atoms with E-state index in [1.165, 1.54) is 0 Å². The molecule has 5 heteroatoms. The zero-order valence-electron chi connectivity index (χ0n) is 8.56. The lowest BCUT2D eigenvalue weighted by Gasteiger charge is -2.34. The van der Waals surface area contributed by atoms with Crippen LogP contribution in [0.5, 0.6) is 0 Å². The van der Waals surface area contributed by atoms with Crippen LogP contribution in [0.3, 0.4) is 0 Å². The summed E-state index contributed by atoms with van der Waals surface area (Å²) in [5.74, 6) is -0.0660. The van der Waals surface area contributed by atoms with E-state index >= 15 is 0 Å². The summed E-state index contributed by atoms with van der Waals surface area (Å²) >= 11 is 3.85. The van der Waals surface area contributed by atoms with Gasteiger partial charge in [-0.25, -0.2) is 4.40 Å². The van der Waals surface area contributed by atoms with E-state index in [2.05, 4.69) is 22.1 Å². The maximum Gasteiger partial charge on any atom is 0.0757 e. The van der Waals surface area contributed by atoms with Crippen molar-refractivity contribution in [3.05, 3.63) is 0 Å². The van der Waals surface area contributed by atoms with Gasteiger partial charge in [-0.3, -0.25) is 0 Å². The molecule has 1 rings (SSSR count). The molecule has 1 aliphatic rings. The van der Waals surface area contributed by atoms with Crippen LogP contribution in [0, 0.1) is 11.3 Å². The van der Waals surface area contributed by atoms with Gasteiger partial charge in [-0.1, -0.05) is 0 Å². The number of rotatable bonds is 2. The Bertz CT molecular complexity index is 254. The summed E-state index contributed by atoms with van der Waals surface area (Å²) in [7, 11) is 2.01. The molecule has 2 N–H and O–H groups in total. The molecule has 0 amide bonds. The van der Waals surface area contributed by atoms with E-state index in [0.717, 1.165) is 19.5 Å². The van der Waals surface area contributed by atoms with Crippen LogP contribution in [-0.2, 0) is 0 Å². The van der Waals surface area contributed by atoms with Gasteiger partial charge in [0.15, 0.2) is 0 Å². The molecular formula is C9H17N3OS. The maximum absolute atomic E-state index is 9.80. The quantitative estimate of drug-likeness (QED) is 0.467. The van der Waals surface area contributed by atoms with Crippen LogP contribution >= 0.6 is 12.8 Å². The number of thiol groups is 1. The lowest BCUT2D eigenvalue weighted by Crippen LogP contribution is -2.46. The molecule has 2 unspecified atom stereocenters. The molecule has 1 saturated heterocycles. The second-order valence-corrected chi connectivity index (χ2v) is 4.03. The molecule has 2 atom stereocenters. The van der Waals surface area contributed by atoms with Gasteiger partial charge in [0.1, 0.15) is 0 Å². The van der Waals surface area contributed by atoms with Gasteiger partial charge in [0.25, 0.3) is 0 Å². The highest BCUT2D eigenvalue weighted by Gasteiger charge is 2.30. The number of hydrogen-bond donors (Lipinski definition) is 3. The summed E-state index contributed by atoms with van der Waals surface area (Å²) in [6.45, 7) is 3.32. The average Bonchev–Trinajstić information content (AvgIpc) is 2.11. The van der Waals surface area contributed by atoms with Crippen LogP contribution < -0.4 is 0 Å². The fourth-order valence-electron chi connectivity index (χ4n) is 1.80. The largest absolute Gasteiger partial charge is 0.392 e. The third kappa shape index (κ3) is 2.56. The zero-order chi connectivity index (χ0) is 10.7. The van der Waals surface area contributed by atoms with Crippen molar-refractivity contribution >= 4 is 24.2 Å². The van der Waals surface area contributed by atoms with Gasteiger partial charge in [0, 0.05) is 19.0 Å². The third-order valence-electron chi connectivity index (χ3n) is 2.62. The number of hydrogen-bond acceptors (Lipinski definition) is 5. The number of piperidine rings is 1. The Morgan fingerprint density at radius 3 is 2.79 bits per heavy atom. The molecule has 4 nitrogen and oxygen atoms in total. The lowest BCUT2D eigenvalue weighted by atomic mass is 9.89. The van der Waals surface area contributed by atoms with Crippen LogP contribution in [0.1, 0.15) is 13.3 Å². The number of nitrogens with zero attached hydrogens (tertiary/aromatic N) is 2. The van der Waals surface area contributed by atoms with Crippen molar-refractivity contribution in [3.8, 4) is 0 Å². The Balaban J connectivity index is 2.78. The van der Waals surface area contributed by atoms with Crippen LogP contribution in [0.15, 0.2) is 4.40 Å². The van der Waals surface area contributed by atoms with Crippen molar-refractivity contribution in [1.29, 1.82) is 5.41 Å². The van der Waals surface area contributed by atoms with Crippen molar-refractivity contribution in [2.45, 2.75) is 19.4 Å². The summed E-state index contributed by atoms with van der Waals surface area (Å²) in [6, 6.07) is 0. The van der Waals surface area contributed by atoms with Crippen molar-refractivity contribution in [2.75, 3.05) is 20.1 Å². The number of nitrogens with one attached hydrogen (secondary N) is 1. The summed E-state index contributed by atoms with van der Waals surface area (Å²) in [5.41, 5.74) is 0.992. The monoisotopic (exact) mass is 215 g/mol. The second-order valence-electron chi connectivity index (χ2n) is 3.83. The third-order valence-corrected chi connectivity index (χ3v) is 2.84. The van der Waals surface area contributed by atoms with Gasteiger partial charge in [-0.2, -0.15) is 0 Å². The molecule has 80 valence electrons. The molecule has 0 radical (unpaired) electrons. The predicted octanol–water partition coefficient (Wildman–Crippen LogP) is 0.624. The van der Waals surface area contributed by atoms with Gasteiger partial charge in [0.05, 0.1) is 17.5 Å². The maximum atomic E-state index is 9.80. The zero-order valence-corrected chi connectivity index (χ0v) is 9.46. The summed E-state index contributed by atoms with van der Waals surface area (Å²) < 4.78 is 3.80. The minimum atomic E-state index is -0.391. The van der Waals surface area contributed by atoms with Gasteiger partial charge < -0.3 is 15.4 Å². The van der Waals surface area contributed by atoms with E-state index in [1.54, 1.807) is 6.92 Å². The van der Waals surface area contributed by atoms with E-state index < -0.39 is 6.10 Å². The van der Waals surface area contributed by atoms with E-state index in [-0.39, 0.29) is 5.92 Å². The minimum absolute atomic E-state index is 0.0660. The summed E-state index contributed by atoms with van der Waals surface area (Å²) in [4.78, 5) is 2.14. The van der Waals surface area contributed by atoms with Gasteiger partial charge in [-0.15, -0.1) is 0 Å². The Morgan fingerprint density at radius 1 is 1.64 bits per heavy atom. The first-order valence-corrected chi connectivity index (χ1v) is 5.10. The molecule has 0 aromatic heterocycles. The number of likely N-dealkylation sites (tertiary alicyclic amines) is 1. The highest BCUT2D eigenvalue weighted by atomic mass is 32.1. The van der Waals surface area contributed by atoms with Crippen LogP contribution in [-0.4, -0.2) is 47.7 Å². The molecule has 0 bridgehead atoms.